The standard InChI is InChI=1S/C6H9NO2/c8-6(9)5-4-1-3(4)2-7-5/h3-5,7H,1-2H2,(H,8,9)/t3?,4-,5+/m1/s1. The molecule has 0 aromatic carbocycles. The van der Waals surface area contributed by atoms with Crippen molar-refractivity contribution in [2.45, 2.75) is 12.5 Å². The Morgan fingerprint density at radius 2 is 2.44 bits per heavy atom. The number of rotatable bonds is 1. The van der Waals surface area contributed by atoms with Crippen molar-refractivity contribution in [3.8, 4) is 0 Å². The molecule has 2 N–H and O–H groups in total. The van der Waals surface area contributed by atoms with E-state index in [4.69, 9.17) is 5.11 Å². The molecule has 1 aliphatic carbocycles. The number of hydrogen-bond donors (Lipinski definition) is 2. The molecular weight excluding hydrogens is 118 g/mol. The largest absolute Gasteiger partial charge is 0.480 e. The molecule has 2 aliphatic rings. The Morgan fingerprint density at radius 3 is 2.67 bits per heavy atom. The average Bonchev–Trinajstić information content (AvgIpc) is 2.43. The molecular formula is C6H9NO2. The molecule has 50 valence electrons. The normalized spacial score (nSPS) is 46.4. The van der Waals surface area contributed by atoms with E-state index in [2.05, 4.69) is 5.32 Å². The summed E-state index contributed by atoms with van der Waals surface area (Å²) in [5.41, 5.74) is 0. The van der Waals surface area contributed by atoms with Crippen molar-refractivity contribution in [3.05, 3.63) is 0 Å². The molecule has 0 bridgehead atoms. The summed E-state index contributed by atoms with van der Waals surface area (Å²) in [6, 6.07) is -0.227. The number of carboxylic acids is 1. The highest BCUT2D eigenvalue weighted by molar-refractivity contribution is 5.75. The summed E-state index contributed by atoms with van der Waals surface area (Å²) < 4.78 is 0. The highest BCUT2D eigenvalue weighted by Crippen LogP contribution is 2.44. The zero-order valence-electron chi connectivity index (χ0n) is 5.00. The Labute approximate surface area is 53.1 Å². The maximum absolute atomic E-state index is 10.4. The number of piperidine rings is 1. The summed E-state index contributed by atoms with van der Waals surface area (Å²) in [6.07, 6.45) is 1.13. The highest BCUT2D eigenvalue weighted by Gasteiger charge is 2.51. The van der Waals surface area contributed by atoms with Crippen LogP contribution >= 0.6 is 0 Å². The molecule has 1 heterocycles. The van der Waals surface area contributed by atoms with Gasteiger partial charge in [-0.2, -0.15) is 0 Å². The van der Waals surface area contributed by atoms with Crippen LogP contribution in [0.1, 0.15) is 6.42 Å². The topological polar surface area (TPSA) is 49.3 Å². The third-order valence-corrected chi connectivity index (χ3v) is 2.27. The summed E-state index contributed by atoms with van der Waals surface area (Å²) in [7, 11) is 0. The highest BCUT2D eigenvalue weighted by atomic mass is 16.4. The smallest absolute Gasteiger partial charge is 0.320 e. The third kappa shape index (κ3) is 0.645. The fourth-order valence-electron chi connectivity index (χ4n) is 1.61. The predicted molar refractivity (Wildman–Crippen MR) is 31.0 cm³/mol. The van der Waals surface area contributed by atoms with E-state index < -0.39 is 5.97 Å². The first-order chi connectivity index (χ1) is 4.29. The first-order valence-electron chi connectivity index (χ1n) is 3.25. The van der Waals surface area contributed by atoms with Gasteiger partial charge in [0.1, 0.15) is 6.04 Å². The molecule has 3 atom stereocenters. The van der Waals surface area contributed by atoms with Gasteiger partial charge < -0.3 is 10.4 Å². The van der Waals surface area contributed by atoms with E-state index in [1.807, 2.05) is 0 Å². The van der Waals surface area contributed by atoms with Gasteiger partial charge in [-0.25, -0.2) is 0 Å². The van der Waals surface area contributed by atoms with Crippen LogP contribution in [0.2, 0.25) is 0 Å². The maximum Gasteiger partial charge on any atom is 0.320 e. The summed E-state index contributed by atoms with van der Waals surface area (Å²) >= 11 is 0. The van der Waals surface area contributed by atoms with Crippen LogP contribution in [0.15, 0.2) is 0 Å². The molecule has 0 aromatic rings. The van der Waals surface area contributed by atoms with Crippen molar-refractivity contribution in [1.82, 2.24) is 5.32 Å². The van der Waals surface area contributed by atoms with Crippen LogP contribution in [-0.2, 0) is 4.79 Å². The van der Waals surface area contributed by atoms with Crippen LogP contribution in [0, 0.1) is 11.8 Å². The number of nitrogens with one attached hydrogen (secondary N) is 1. The quantitative estimate of drug-likeness (QED) is 0.507. The maximum atomic E-state index is 10.4. The first kappa shape index (κ1) is 5.23. The number of hydrogen-bond acceptors (Lipinski definition) is 2. The van der Waals surface area contributed by atoms with Gasteiger partial charge in [-0.15, -0.1) is 0 Å². The fraction of sp³-hybridized carbons (Fsp3) is 0.833. The Morgan fingerprint density at radius 1 is 1.67 bits per heavy atom. The van der Waals surface area contributed by atoms with Gasteiger partial charge in [0, 0.05) is 0 Å². The van der Waals surface area contributed by atoms with Gasteiger partial charge in [-0.05, 0) is 24.8 Å². The van der Waals surface area contributed by atoms with Gasteiger partial charge in [0.2, 0.25) is 0 Å². The van der Waals surface area contributed by atoms with E-state index in [0.29, 0.717) is 11.8 Å². The Balaban J connectivity index is 2.06. The second-order valence-electron chi connectivity index (χ2n) is 2.88. The second-order valence-corrected chi connectivity index (χ2v) is 2.88. The van der Waals surface area contributed by atoms with E-state index in [0.717, 1.165) is 13.0 Å². The molecule has 1 saturated carbocycles. The SMILES string of the molecule is O=C(O)[C@H]1NCC2C[C@H]21. The zero-order valence-corrected chi connectivity index (χ0v) is 5.00. The molecule has 3 nitrogen and oxygen atoms in total. The van der Waals surface area contributed by atoms with Crippen molar-refractivity contribution >= 4 is 5.97 Å². The van der Waals surface area contributed by atoms with Crippen LogP contribution in [-0.4, -0.2) is 23.7 Å². The van der Waals surface area contributed by atoms with Crippen LogP contribution in [0.25, 0.3) is 0 Å². The Hall–Kier alpha value is -0.570. The van der Waals surface area contributed by atoms with E-state index in [1.165, 1.54) is 0 Å². The van der Waals surface area contributed by atoms with Crippen molar-refractivity contribution in [3.63, 3.8) is 0 Å². The van der Waals surface area contributed by atoms with Crippen LogP contribution in [0.5, 0.6) is 0 Å². The lowest BCUT2D eigenvalue weighted by Gasteiger charge is -2.04. The molecule has 0 aromatic heterocycles. The number of fused-ring (bicyclic) bond motifs is 1. The van der Waals surface area contributed by atoms with Crippen molar-refractivity contribution < 1.29 is 9.90 Å². The van der Waals surface area contributed by atoms with Gasteiger partial charge in [-0.1, -0.05) is 0 Å². The van der Waals surface area contributed by atoms with E-state index in [1.54, 1.807) is 0 Å². The Bertz CT molecular complexity index is 157. The van der Waals surface area contributed by atoms with Gasteiger partial charge in [0.25, 0.3) is 0 Å². The lowest BCUT2D eigenvalue weighted by atomic mass is 10.2. The number of carboxylic acid groups (broad SMARTS) is 1. The van der Waals surface area contributed by atoms with Crippen LogP contribution in [0.4, 0.5) is 0 Å². The van der Waals surface area contributed by atoms with Crippen LogP contribution in [0.3, 0.4) is 0 Å². The minimum atomic E-state index is -0.681. The lowest BCUT2D eigenvalue weighted by Crippen LogP contribution is -2.34. The monoisotopic (exact) mass is 127 g/mol. The first-order valence-corrected chi connectivity index (χ1v) is 3.25. The van der Waals surface area contributed by atoms with E-state index >= 15 is 0 Å². The molecule has 2 rings (SSSR count). The van der Waals surface area contributed by atoms with Crippen LogP contribution < -0.4 is 5.32 Å². The van der Waals surface area contributed by atoms with Crippen molar-refractivity contribution in [2.75, 3.05) is 6.54 Å². The molecule has 3 heteroatoms. The van der Waals surface area contributed by atoms with Gasteiger partial charge >= 0.3 is 5.97 Å². The number of aliphatic carboxylic acids is 1. The average molecular weight is 127 g/mol. The molecule has 1 aliphatic heterocycles. The summed E-state index contributed by atoms with van der Waals surface area (Å²) in [5, 5.41) is 11.5. The van der Waals surface area contributed by atoms with Gasteiger partial charge in [0.05, 0.1) is 0 Å². The van der Waals surface area contributed by atoms with Gasteiger partial charge in [-0.3, -0.25) is 4.79 Å². The minimum absolute atomic E-state index is 0.227. The third-order valence-electron chi connectivity index (χ3n) is 2.27. The second kappa shape index (κ2) is 1.48. The van der Waals surface area contributed by atoms with E-state index in [-0.39, 0.29) is 6.04 Å². The lowest BCUT2D eigenvalue weighted by molar-refractivity contribution is -0.139. The minimum Gasteiger partial charge on any atom is -0.480 e. The molecule has 9 heavy (non-hydrogen) atoms. The van der Waals surface area contributed by atoms with Gasteiger partial charge in [0.15, 0.2) is 0 Å². The van der Waals surface area contributed by atoms with Crippen molar-refractivity contribution in [1.29, 1.82) is 0 Å². The molecule has 2 fully saturated rings. The molecule has 0 spiro atoms. The molecule has 0 amide bonds. The number of carbonyl (C=O) groups is 1. The molecule has 1 saturated heterocycles. The Kier molecular flexibility index (Phi) is 0.858. The van der Waals surface area contributed by atoms with Crippen molar-refractivity contribution in [2.24, 2.45) is 11.8 Å². The molecule has 0 radical (unpaired) electrons. The summed E-state index contributed by atoms with van der Waals surface area (Å²) in [4.78, 5) is 10.4. The molecule has 1 unspecified atom stereocenters. The summed E-state index contributed by atoms with van der Waals surface area (Å²) in [6.45, 7) is 0.918. The zero-order chi connectivity index (χ0) is 6.43. The fourth-order valence-corrected chi connectivity index (χ4v) is 1.61. The summed E-state index contributed by atoms with van der Waals surface area (Å²) in [5.74, 6) is 0.466. The predicted octanol–water partition coefficient (Wildman–Crippen LogP) is -0.321. The van der Waals surface area contributed by atoms with E-state index in [9.17, 15) is 4.79 Å².